The van der Waals surface area contributed by atoms with Crippen LogP contribution in [0.3, 0.4) is 0 Å². The van der Waals surface area contributed by atoms with Gasteiger partial charge in [-0.15, -0.1) is 0 Å². The van der Waals surface area contributed by atoms with Crippen molar-refractivity contribution in [3.63, 3.8) is 0 Å². The van der Waals surface area contributed by atoms with Crippen LogP contribution in [-0.4, -0.2) is 24.3 Å². The number of aliphatic hydroxyl groups excluding tert-OH is 1. The predicted molar refractivity (Wildman–Crippen MR) is 56.6 cm³/mol. The summed E-state index contributed by atoms with van der Waals surface area (Å²) in [5, 5.41) is 9.43. The van der Waals surface area contributed by atoms with Gasteiger partial charge in [-0.25, -0.2) is 0 Å². The first-order valence-corrected chi connectivity index (χ1v) is 5.38. The third-order valence-electron chi connectivity index (χ3n) is 3.61. The summed E-state index contributed by atoms with van der Waals surface area (Å²) in [6.45, 7) is 1.45. The Hall–Kier alpha value is -1.02. The molecule has 2 nitrogen and oxygen atoms in total. The minimum atomic E-state index is 0.290. The van der Waals surface area contributed by atoms with Crippen molar-refractivity contribution in [2.75, 3.05) is 18.1 Å². The number of hydrogen-bond donors (Lipinski definition) is 1. The average molecular weight is 189 g/mol. The van der Waals surface area contributed by atoms with Crippen molar-refractivity contribution in [2.45, 2.75) is 24.8 Å². The lowest BCUT2D eigenvalue weighted by molar-refractivity contribution is 0.254. The fourth-order valence-electron chi connectivity index (χ4n) is 3.00. The Kier molecular flexibility index (Phi) is 1.77. The number of benzene rings is 1. The lowest BCUT2D eigenvalue weighted by Gasteiger charge is -2.21. The monoisotopic (exact) mass is 189 g/mol. The lowest BCUT2D eigenvalue weighted by atomic mass is 9.94. The van der Waals surface area contributed by atoms with Crippen LogP contribution in [-0.2, 0) is 0 Å². The molecule has 2 heterocycles. The quantitative estimate of drug-likeness (QED) is 0.727. The SMILES string of the molecule is OC[C@H]1c2ccccc2N2CCC[C@H]12. The van der Waals surface area contributed by atoms with Gasteiger partial charge in [0.05, 0.1) is 6.61 Å². The first kappa shape index (κ1) is 8.30. The standard InChI is InChI=1S/C12H15NO/c14-8-10-9-4-1-2-5-11(9)13-7-3-6-12(10)13/h1-2,4-5,10,12,14H,3,6-8H2/t10-,12+/m0/s1. The number of nitrogens with zero attached hydrogens (tertiary/aromatic N) is 1. The maximum Gasteiger partial charge on any atom is 0.0520 e. The molecule has 2 aliphatic heterocycles. The van der Waals surface area contributed by atoms with E-state index in [0.717, 1.165) is 6.54 Å². The van der Waals surface area contributed by atoms with Crippen molar-refractivity contribution in [3.8, 4) is 0 Å². The molecule has 0 amide bonds. The van der Waals surface area contributed by atoms with E-state index in [4.69, 9.17) is 0 Å². The molecule has 1 N–H and O–H groups in total. The number of rotatable bonds is 1. The first-order chi connectivity index (χ1) is 6.92. The van der Waals surface area contributed by atoms with Crippen LogP contribution >= 0.6 is 0 Å². The van der Waals surface area contributed by atoms with Crippen molar-refractivity contribution in [3.05, 3.63) is 29.8 Å². The fourth-order valence-corrected chi connectivity index (χ4v) is 3.00. The molecule has 1 aromatic carbocycles. The summed E-state index contributed by atoms with van der Waals surface area (Å²) < 4.78 is 0. The van der Waals surface area contributed by atoms with Gasteiger partial charge in [-0.3, -0.25) is 0 Å². The van der Waals surface area contributed by atoms with Gasteiger partial charge < -0.3 is 10.0 Å². The Balaban J connectivity index is 2.09. The topological polar surface area (TPSA) is 23.5 Å². The van der Waals surface area contributed by atoms with Crippen molar-refractivity contribution in [1.29, 1.82) is 0 Å². The van der Waals surface area contributed by atoms with Crippen molar-refractivity contribution < 1.29 is 5.11 Å². The molecule has 0 radical (unpaired) electrons. The van der Waals surface area contributed by atoms with Crippen LogP contribution in [0.4, 0.5) is 5.69 Å². The van der Waals surface area contributed by atoms with Gasteiger partial charge in [-0.05, 0) is 24.5 Å². The van der Waals surface area contributed by atoms with E-state index in [9.17, 15) is 5.11 Å². The van der Waals surface area contributed by atoms with Crippen LogP contribution in [0, 0.1) is 0 Å². The van der Waals surface area contributed by atoms with Crippen molar-refractivity contribution >= 4 is 5.69 Å². The zero-order valence-corrected chi connectivity index (χ0v) is 8.19. The van der Waals surface area contributed by atoms with E-state index in [-0.39, 0.29) is 6.61 Å². The van der Waals surface area contributed by atoms with Gasteiger partial charge in [0.15, 0.2) is 0 Å². The van der Waals surface area contributed by atoms with Gasteiger partial charge in [0.2, 0.25) is 0 Å². The normalized spacial score (nSPS) is 29.1. The summed E-state index contributed by atoms with van der Waals surface area (Å²) in [5.41, 5.74) is 2.70. The highest BCUT2D eigenvalue weighted by molar-refractivity contribution is 5.62. The molecule has 14 heavy (non-hydrogen) atoms. The second kappa shape index (κ2) is 2.99. The van der Waals surface area contributed by atoms with E-state index >= 15 is 0 Å². The van der Waals surface area contributed by atoms with Gasteiger partial charge in [0.1, 0.15) is 0 Å². The predicted octanol–water partition coefficient (Wildman–Crippen LogP) is 1.74. The summed E-state index contributed by atoms with van der Waals surface area (Å²) in [7, 11) is 0. The fraction of sp³-hybridized carbons (Fsp3) is 0.500. The first-order valence-electron chi connectivity index (χ1n) is 5.38. The highest BCUT2D eigenvalue weighted by atomic mass is 16.3. The zero-order valence-electron chi connectivity index (χ0n) is 8.19. The molecule has 0 saturated carbocycles. The largest absolute Gasteiger partial charge is 0.396 e. The molecule has 1 fully saturated rings. The van der Waals surface area contributed by atoms with Crippen LogP contribution in [0.15, 0.2) is 24.3 Å². The third-order valence-corrected chi connectivity index (χ3v) is 3.61. The van der Waals surface area contributed by atoms with E-state index in [0.29, 0.717) is 12.0 Å². The molecule has 0 aliphatic carbocycles. The molecule has 0 aromatic heterocycles. The van der Waals surface area contributed by atoms with Gasteiger partial charge in [0.25, 0.3) is 0 Å². The van der Waals surface area contributed by atoms with Crippen molar-refractivity contribution in [2.24, 2.45) is 0 Å². The Morgan fingerprint density at radius 2 is 2.21 bits per heavy atom. The smallest absolute Gasteiger partial charge is 0.0520 e. The Morgan fingerprint density at radius 3 is 3.07 bits per heavy atom. The van der Waals surface area contributed by atoms with E-state index < -0.39 is 0 Å². The second-order valence-electron chi connectivity index (χ2n) is 4.25. The number of fused-ring (bicyclic) bond motifs is 3. The minimum Gasteiger partial charge on any atom is -0.396 e. The Morgan fingerprint density at radius 1 is 1.36 bits per heavy atom. The molecule has 1 aromatic rings. The van der Waals surface area contributed by atoms with Gasteiger partial charge in [0, 0.05) is 24.2 Å². The summed E-state index contributed by atoms with van der Waals surface area (Å²) in [5.74, 6) is 0.355. The van der Waals surface area contributed by atoms with Gasteiger partial charge >= 0.3 is 0 Å². The van der Waals surface area contributed by atoms with Crippen molar-refractivity contribution in [1.82, 2.24) is 0 Å². The summed E-state index contributed by atoms with van der Waals surface area (Å²) in [4.78, 5) is 2.47. The van der Waals surface area contributed by atoms with Crippen LogP contribution in [0.25, 0.3) is 0 Å². The summed E-state index contributed by atoms with van der Waals surface area (Å²) in [6.07, 6.45) is 2.51. The lowest BCUT2D eigenvalue weighted by Crippen LogP contribution is -2.28. The van der Waals surface area contributed by atoms with E-state index in [2.05, 4.69) is 29.2 Å². The Bertz CT molecular complexity index is 335. The molecule has 2 atom stereocenters. The number of aliphatic hydroxyl groups is 1. The molecule has 3 rings (SSSR count). The van der Waals surface area contributed by atoms with E-state index in [1.54, 1.807) is 0 Å². The summed E-state index contributed by atoms with van der Waals surface area (Å²) >= 11 is 0. The second-order valence-corrected chi connectivity index (χ2v) is 4.25. The van der Waals surface area contributed by atoms with E-state index in [1.807, 2.05) is 0 Å². The molecule has 1 saturated heterocycles. The molecule has 74 valence electrons. The van der Waals surface area contributed by atoms with Crippen LogP contribution in [0.1, 0.15) is 24.3 Å². The van der Waals surface area contributed by atoms with E-state index in [1.165, 1.54) is 24.1 Å². The minimum absolute atomic E-state index is 0.290. The van der Waals surface area contributed by atoms with Gasteiger partial charge in [-0.2, -0.15) is 0 Å². The molecular formula is C12H15NO. The zero-order chi connectivity index (χ0) is 9.54. The van der Waals surface area contributed by atoms with Crippen LogP contribution in [0.5, 0.6) is 0 Å². The maximum atomic E-state index is 9.43. The third kappa shape index (κ3) is 0.947. The number of para-hydroxylation sites is 1. The molecule has 2 aliphatic rings. The van der Waals surface area contributed by atoms with Crippen LogP contribution < -0.4 is 4.90 Å². The highest BCUT2D eigenvalue weighted by Gasteiger charge is 2.40. The number of anilines is 1. The highest BCUT2D eigenvalue weighted by Crippen LogP contribution is 2.44. The maximum absolute atomic E-state index is 9.43. The number of hydrogen-bond acceptors (Lipinski definition) is 2. The molecular weight excluding hydrogens is 174 g/mol. The average Bonchev–Trinajstić information content (AvgIpc) is 2.77. The molecule has 0 bridgehead atoms. The molecule has 0 spiro atoms. The Labute approximate surface area is 84.2 Å². The molecule has 2 heteroatoms. The van der Waals surface area contributed by atoms with Gasteiger partial charge in [-0.1, -0.05) is 18.2 Å². The molecule has 0 unspecified atom stereocenters. The van der Waals surface area contributed by atoms with Crippen LogP contribution in [0.2, 0.25) is 0 Å². The summed E-state index contributed by atoms with van der Waals surface area (Å²) in [6, 6.07) is 9.08.